The fourth-order valence-electron chi connectivity index (χ4n) is 2.82. The smallest absolute Gasteiger partial charge is 0.196 e. The number of aromatic nitrogens is 3. The van der Waals surface area contributed by atoms with Crippen LogP contribution in [-0.2, 0) is 0 Å². The van der Waals surface area contributed by atoms with E-state index in [0.29, 0.717) is 28.2 Å². The van der Waals surface area contributed by atoms with E-state index in [9.17, 15) is 0 Å². The third kappa shape index (κ3) is 4.75. The number of thioether (sulfide) groups is 1. The highest BCUT2D eigenvalue weighted by atomic mass is 35.5. The van der Waals surface area contributed by atoms with E-state index >= 15 is 0 Å². The van der Waals surface area contributed by atoms with E-state index in [1.807, 2.05) is 60.7 Å². The van der Waals surface area contributed by atoms with Crippen LogP contribution in [-0.4, -0.2) is 27.1 Å². The van der Waals surface area contributed by atoms with Crippen molar-refractivity contribution in [2.24, 2.45) is 0 Å². The van der Waals surface area contributed by atoms with E-state index in [0.717, 1.165) is 22.2 Å². The molecule has 0 aliphatic rings. The Balaban J connectivity index is 1.52. The summed E-state index contributed by atoms with van der Waals surface area (Å²) >= 11 is 13.7. The Hall–Kier alpha value is -2.47. The van der Waals surface area contributed by atoms with Crippen LogP contribution in [0.25, 0.3) is 17.1 Å². The minimum Gasteiger partial charge on any atom is -0.491 e. The quantitative estimate of drug-likeness (QED) is 0.245. The molecule has 146 valence electrons. The highest BCUT2D eigenvalue weighted by molar-refractivity contribution is 7.99. The van der Waals surface area contributed by atoms with Gasteiger partial charge in [-0.1, -0.05) is 83.5 Å². The van der Waals surface area contributed by atoms with E-state index < -0.39 is 0 Å². The van der Waals surface area contributed by atoms with Gasteiger partial charge in [0.05, 0.1) is 11.6 Å². The zero-order valence-electron chi connectivity index (χ0n) is 15.3. The van der Waals surface area contributed by atoms with Gasteiger partial charge in [0.1, 0.15) is 5.75 Å². The van der Waals surface area contributed by atoms with Gasteiger partial charge in [-0.3, -0.25) is 4.57 Å². The largest absolute Gasteiger partial charge is 0.491 e. The van der Waals surface area contributed by atoms with Crippen molar-refractivity contribution in [2.75, 3.05) is 12.4 Å². The van der Waals surface area contributed by atoms with Crippen molar-refractivity contribution in [2.45, 2.75) is 5.16 Å². The summed E-state index contributed by atoms with van der Waals surface area (Å²) in [5, 5.41) is 10.8. The zero-order valence-corrected chi connectivity index (χ0v) is 17.7. The second kappa shape index (κ2) is 9.35. The van der Waals surface area contributed by atoms with Crippen molar-refractivity contribution in [1.29, 1.82) is 0 Å². The monoisotopic (exact) mass is 441 g/mol. The first-order valence-corrected chi connectivity index (χ1v) is 10.7. The van der Waals surface area contributed by atoms with Crippen molar-refractivity contribution in [3.8, 4) is 22.8 Å². The Bertz CT molecular complexity index is 1090. The first kappa shape index (κ1) is 19.8. The SMILES string of the molecule is Clc1ccc(OCCSc2nnc(-c3ccccc3)n2-c2ccccc2)c(Cl)c1. The molecule has 0 bridgehead atoms. The van der Waals surface area contributed by atoms with E-state index in [2.05, 4.69) is 14.8 Å². The van der Waals surface area contributed by atoms with Crippen molar-refractivity contribution < 1.29 is 4.74 Å². The van der Waals surface area contributed by atoms with Crippen molar-refractivity contribution in [3.63, 3.8) is 0 Å². The lowest BCUT2D eigenvalue weighted by Gasteiger charge is -2.11. The fourth-order valence-corrected chi connectivity index (χ4v) is 4.06. The molecule has 0 N–H and O–H groups in total. The van der Waals surface area contributed by atoms with Crippen LogP contribution >= 0.6 is 35.0 Å². The molecule has 0 unspecified atom stereocenters. The van der Waals surface area contributed by atoms with Gasteiger partial charge in [-0.2, -0.15) is 0 Å². The second-order valence-corrected chi connectivity index (χ2v) is 8.02. The Morgan fingerprint density at radius 3 is 2.31 bits per heavy atom. The molecule has 3 aromatic carbocycles. The number of hydrogen-bond donors (Lipinski definition) is 0. The average molecular weight is 442 g/mol. The summed E-state index contributed by atoms with van der Waals surface area (Å²) in [5.74, 6) is 2.12. The highest BCUT2D eigenvalue weighted by Gasteiger charge is 2.16. The van der Waals surface area contributed by atoms with Crippen molar-refractivity contribution in [1.82, 2.24) is 14.8 Å². The molecule has 0 aliphatic carbocycles. The molecular formula is C22H17Cl2N3OS. The molecule has 0 fully saturated rings. The molecule has 0 aliphatic heterocycles. The summed E-state index contributed by atoms with van der Waals surface area (Å²) in [4.78, 5) is 0. The van der Waals surface area contributed by atoms with Crippen LogP contribution in [0.2, 0.25) is 10.0 Å². The maximum Gasteiger partial charge on any atom is 0.196 e. The Labute approximate surface area is 183 Å². The lowest BCUT2D eigenvalue weighted by atomic mass is 10.2. The molecular weight excluding hydrogens is 425 g/mol. The molecule has 0 radical (unpaired) electrons. The third-order valence-corrected chi connectivity index (χ3v) is 5.57. The van der Waals surface area contributed by atoms with Gasteiger partial charge in [0.25, 0.3) is 0 Å². The molecule has 0 saturated heterocycles. The Morgan fingerprint density at radius 1 is 0.862 bits per heavy atom. The van der Waals surface area contributed by atoms with Gasteiger partial charge in [-0.15, -0.1) is 10.2 Å². The van der Waals surface area contributed by atoms with E-state index in [1.54, 1.807) is 30.0 Å². The summed E-state index contributed by atoms with van der Waals surface area (Å²) in [6.45, 7) is 0.480. The van der Waals surface area contributed by atoms with E-state index in [1.165, 1.54) is 0 Å². The Morgan fingerprint density at radius 2 is 1.59 bits per heavy atom. The minimum absolute atomic E-state index is 0.480. The van der Waals surface area contributed by atoms with E-state index in [4.69, 9.17) is 27.9 Å². The molecule has 4 nitrogen and oxygen atoms in total. The number of rotatable bonds is 7. The predicted octanol–water partition coefficient (Wildman–Crippen LogP) is 6.41. The van der Waals surface area contributed by atoms with Crippen LogP contribution in [0, 0.1) is 0 Å². The van der Waals surface area contributed by atoms with Crippen LogP contribution < -0.4 is 4.74 Å². The molecule has 0 saturated carbocycles. The van der Waals surface area contributed by atoms with Gasteiger partial charge in [0.15, 0.2) is 11.0 Å². The van der Waals surface area contributed by atoms with Gasteiger partial charge >= 0.3 is 0 Å². The van der Waals surface area contributed by atoms with E-state index in [-0.39, 0.29) is 0 Å². The second-order valence-electron chi connectivity index (χ2n) is 6.11. The molecule has 0 amide bonds. The maximum absolute atomic E-state index is 6.16. The molecule has 1 heterocycles. The zero-order chi connectivity index (χ0) is 20.1. The number of ether oxygens (including phenoxy) is 1. The van der Waals surface area contributed by atoms with Gasteiger partial charge in [-0.05, 0) is 30.3 Å². The Kier molecular flexibility index (Phi) is 6.39. The first-order valence-electron chi connectivity index (χ1n) is 8.99. The van der Waals surface area contributed by atoms with Crippen LogP contribution in [0.1, 0.15) is 0 Å². The molecule has 4 rings (SSSR count). The number of benzene rings is 3. The number of nitrogens with zero attached hydrogens (tertiary/aromatic N) is 3. The molecule has 4 aromatic rings. The van der Waals surface area contributed by atoms with Gasteiger partial charge in [-0.25, -0.2) is 0 Å². The lowest BCUT2D eigenvalue weighted by molar-refractivity contribution is 0.344. The highest BCUT2D eigenvalue weighted by Crippen LogP contribution is 2.29. The fraction of sp³-hybridized carbons (Fsp3) is 0.0909. The molecule has 0 atom stereocenters. The first-order chi connectivity index (χ1) is 14.2. The molecule has 7 heteroatoms. The molecule has 1 aromatic heterocycles. The summed E-state index contributed by atoms with van der Waals surface area (Å²) in [5.41, 5.74) is 2.03. The third-order valence-electron chi connectivity index (χ3n) is 4.15. The molecule has 0 spiro atoms. The van der Waals surface area contributed by atoms with Crippen LogP contribution in [0.5, 0.6) is 5.75 Å². The number of para-hydroxylation sites is 1. The standard InChI is InChI=1S/C22H17Cl2N3OS/c23-17-11-12-20(19(24)15-17)28-13-14-29-22-26-25-21(16-7-3-1-4-8-16)27(22)18-9-5-2-6-10-18/h1-12,15H,13-14H2. The normalized spacial score (nSPS) is 10.8. The summed E-state index contributed by atoms with van der Waals surface area (Å²) in [6.07, 6.45) is 0. The van der Waals surface area contributed by atoms with Crippen molar-refractivity contribution >= 4 is 35.0 Å². The summed E-state index contributed by atoms with van der Waals surface area (Å²) in [7, 11) is 0. The predicted molar refractivity (Wildman–Crippen MR) is 119 cm³/mol. The van der Waals surface area contributed by atoms with Gasteiger partial charge in [0, 0.05) is 22.0 Å². The summed E-state index contributed by atoms with van der Waals surface area (Å²) < 4.78 is 7.85. The van der Waals surface area contributed by atoms with Crippen molar-refractivity contribution in [3.05, 3.63) is 88.9 Å². The van der Waals surface area contributed by atoms with Gasteiger partial charge in [0.2, 0.25) is 0 Å². The number of hydrogen-bond acceptors (Lipinski definition) is 4. The topological polar surface area (TPSA) is 39.9 Å². The maximum atomic E-state index is 6.16. The van der Waals surface area contributed by atoms with Crippen LogP contribution in [0.4, 0.5) is 0 Å². The van der Waals surface area contributed by atoms with Crippen LogP contribution in [0.15, 0.2) is 84.0 Å². The van der Waals surface area contributed by atoms with Gasteiger partial charge < -0.3 is 4.74 Å². The molecule has 29 heavy (non-hydrogen) atoms. The lowest BCUT2D eigenvalue weighted by Crippen LogP contribution is -2.03. The van der Waals surface area contributed by atoms with Crippen LogP contribution in [0.3, 0.4) is 0 Å². The average Bonchev–Trinajstić information content (AvgIpc) is 3.17. The summed E-state index contributed by atoms with van der Waals surface area (Å²) in [6, 6.07) is 25.3. The number of halogens is 2. The minimum atomic E-state index is 0.480.